The lowest BCUT2D eigenvalue weighted by Crippen LogP contribution is -2.43. The molecule has 7 nitrogen and oxygen atoms in total. The fraction of sp³-hybridized carbons (Fsp3) is 0.292. The van der Waals surface area contributed by atoms with E-state index in [0.29, 0.717) is 24.7 Å². The average molecular weight is 490 g/mol. The third-order valence-electron chi connectivity index (χ3n) is 5.70. The van der Waals surface area contributed by atoms with Crippen molar-refractivity contribution in [3.05, 3.63) is 74.3 Å². The summed E-state index contributed by atoms with van der Waals surface area (Å²) in [5.74, 6) is -0.0747. The van der Waals surface area contributed by atoms with Gasteiger partial charge in [0.05, 0.1) is 6.54 Å². The number of nitrogens with zero attached hydrogens (tertiary/aromatic N) is 1. The Bertz CT molecular complexity index is 1100. The Kier molecular flexibility index (Phi) is 8.49. The van der Waals surface area contributed by atoms with E-state index in [1.165, 1.54) is 22.3 Å². The summed E-state index contributed by atoms with van der Waals surface area (Å²) in [4.78, 5) is 34.6. The first-order valence-corrected chi connectivity index (χ1v) is 11.2. The lowest BCUT2D eigenvalue weighted by molar-refractivity contribution is -0.123. The highest BCUT2D eigenvalue weighted by Gasteiger charge is 2.29. The van der Waals surface area contributed by atoms with Crippen molar-refractivity contribution < 1.29 is 19.5 Å². The SMILES string of the molecule is NCC(=O)Cc1cc(CNC(=O)N2CCC3=C(Cc4ccc(Cl)cc43)C2)ccc1Cl.O=CO. The van der Waals surface area contributed by atoms with Crippen LogP contribution in [0.2, 0.25) is 10.0 Å². The summed E-state index contributed by atoms with van der Waals surface area (Å²) < 4.78 is 0. The van der Waals surface area contributed by atoms with Gasteiger partial charge in [-0.2, -0.15) is 0 Å². The molecule has 2 aromatic carbocycles. The summed E-state index contributed by atoms with van der Waals surface area (Å²) in [6.45, 7) is 1.41. The third-order valence-corrected chi connectivity index (χ3v) is 6.30. The molecule has 2 aliphatic rings. The first-order chi connectivity index (χ1) is 15.9. The van der Waals surface area contributed by atoms with E-state index in [1.807, 2.05) is 29.2 Å². The van der Waals surface area contributed by atoms with E-state index in [2.05, 4.69) is 11.4 Å². The smallest absolute Gasteiger partial charge is 0.317 e. The van der Waals surface area contributed by atoms with Crippen molar-refractivity contribution >= 4 is 47.1 Å². The topological polar surface area (TPSA) is 113 Å². The van der Waals surface area contributed by atoms with Crippen LogP contribution in [0, 0.1) is 0 Å². The van der Waals surface area contributed by atoms with E-state index in [-0.39, 0.29) is 31.3 Å². The first kappa shape index (κ1) is 24.8. The van der Waals surface area contributed by atoms with E-state index in [1.54, 1.807) is 6.07 Å². The number of rotatable bonds is 5. The lowest BCUT2D eigenvalue weighted by Gasteiger charge is -2.29. The van der Waals surface area contributed by atoms with E-state index in [9.17, 15) is 9.59 Å². The molecule has 2 amide bonds. The Hall–Kier alpha value is -2.87. The maximum atomic E-state index is 12.7. The fourth-order valence-corrected chi connectivity index (χ4v) is 4.51. The van der Waals surface area contributed by atoms with Crippen molar-refractivity contribution in [2.45, 2.75) is 25.8 Å². The average Bonchev–Trinajstić information content (AvgIpc) is 3.16. The zero-order chi connectivity index (χ0) is 24.0. The van der Waals surface area contributed by atoms with Crippen LogP contribution in [0.15, 0.2) is 42.0 Å². The Balaban J connectivity index is 0.000000968. The zero-order valence-corrected chi connectivity index (χ0v) is 19.5. The van der Waals surface area contributed by atoms with Crippen LogP contribution in [0.25, 0.3) is 5.57 Å². The predicted octanol–water partition coefficient (Wildman–Crippen LogP) is 3.69. The van der Waals surface area contributed by atoms with Gasteiger partial charge in [0.1, 0.15) is 0 Å². The molecular formula is C24H25Cl2N3O4. The molecule has 4 N–H and O–H groups in total. The second-order valence-corrected chi connectivity index (χ2v) is 8.68. The molecule has 0 bridgehead atoms. The van der Waals surface area contributed by atoms with Crippen LogP contribution < -0.4 is 11.1 Å². The van der Waals surface area contributed by atoms with Gasteiger partial charge in [-0.25, -0.2) is 4.79 Å². The van der Waals surface area contributed by atoms with Crippen molar-refractivity contribution in [2.75, 3.05) is 19.6 Å². The number of carbonyl (C=O) groups is 3. The molecular weight excluding hydrogens is 465 g/mol. The fourth-order valence-electron chi connectivity index (χ4n) is 4.15. The Labute approximate surface area is 202 Å². The molecule has 2 aromatic rings. The number of benzene rings is 2. The number of urea groups is 1. The minimum atomic E-state index is -0.250. The van der Waals surface area contributed by atoms with Gasteiger partial charge in [-0.15, -0.1) is 0 Å². The third kappa shape index (κ3) is 6.13. The quantitative estimate of drug-likeness (QED) is 0.554. The number of carbonyl (C=O) groups excluding carboxylic acids is 2. The van der Waals surface area contributed by atoms with Crippen LogP contribution in [-0.4, -0.2) is 47.9 Å². The maximum Gasteiger partial charge on any atom is 0.317 e. The lowest BCUT2D eigenvalue weighted by atomic mass is 9.99. The normalized spacial score (nSPS) is 14.1. The monoisotopic (exact) mass is 489 g/mol. The molecule has 1 aliphatic heterocycles. The molecule has 33 heavy (non-hydrogen) atoms. The van der Waals surface area contributed by atoms with Gasteiger partial charge in [-0.1, -0.05) is 41.4 Å². The van der Waals surface area contributed by atoms with Gasteiger partial charge in [0.25, 0.3) is 6.47 Å². The summed E-state index contributed by atoms with van der Waals surface area (Å²) in [7, 11) is 0. The number of Topliss-reactive ketones (excluding diaryl/α,β-unsaturated/α-hetero) is 1. The van der Waals surface area contributed by atoms with E-state index < -0.39 is 0 Å². The molecule has 174 valence electrons. The van der Waals surface area contributed by atoms with Crippen LogP contribution in [0.3, 0.4) is 0 Å². The summed E-state index contributed by atoms with van der Waals surface area (Å²) in [5.41, 5.74) is 12.2. The van der Waals surface area contributed by atoms with Gasteiger partial charge >= 0.3 is 6.03 Å². The molecule has 4 rings (SSSR count). The second-order valence-electron chi connectivity index (χ2n) is 7.84. The molecule has 9 heteroatoms. The highest BCUT2D eigenvalue weighted by Crippen LogP contribution is 2.39. The molecule has 0 saturated carbocycles. The molecule has 0 radical (unpaired) electrons. The van der Waals surface area contributed by atoms with E-state index >= 15 is 0 Å². The van der Waals surface area contributed by atoms with Gasteiger partial charge in [0, 0.05) is 36.1 Å². The van der Waals surface area contributed by atoms with Gasteiger partial charge in [0.2, 0.25) is 0 Å². The van der Waals surface area contributed by atoms with Crippen molar-refractivity contribution in [1.82, 2.24) is 10.2 Å². The molecule has 1 heterocycles. The number of fused-ring (bicyclic) bond motifs is 2. The standard InChI is InChI=1S/C23H23Cl2N3O2.CH2O2/c24-18-3-2-15-8-17-13-28(6-5-20(17)21(15)10-18)23(30)27-12-14-1-4-22(25)16(7-14)9-19(29)11-26;2-1-3/h1-4,7,10H,5-6,8-9,11-13,26H2,(H,27,30);1H,(H,2,3). The molecule has 0 aromatic heterocycles. The van der Waals surface area contributed by atoms with Crippen molar-refractivity contribution in [3.63, 3.8) is 0 Å². The Morgan fingerprint density at radius 2 is 1.94 bits per heavy atom. The highest BCUT2D eigenvalue weighted by atomic mass is 35.5. The zero-order valence-electron chi connectivity index (χ0n) is 17.9. The second kappa shape index (κ2) is 11.3. The maximum absolute atomic E-state index is 12.7. The Morgan fingerprint density at radius 3 is 2.67 bits per heavy atom. The summed E-state index contributed by atoms with van der Waals surface area (Å²) in [6, 6.07) is 11.4. The summed E-state index contributed by atoms with van der Waals surface area (Å²) in [5, 5.41) is 11.2. The summed E-state index contributed by atoms with van der Waals surface area (Å²) >= 11 is 12.3. The van der Waals surface area contributed by atoms with Crippen molar-refractivity contribution in [1.29, 1.82) is 0 Å². The van der Waals surface area contributed by atoms with Gasteiger partial charge in [-0.3, -0.25) is 9.59 Å². The predicted molar refractivity (Wildman–Crippen MR) is 128 cm³/mol. The first-order valence-electron chi connectivity index (χ1n) is 10.5. The molecule has 0 unspecified atom stereocenters. The van der Waals surface area contributed by atoms with Gasteiger partial charge < -0.3 is 21.1 Å². The van der Waals surface area contributed by atoms with Crippen molar-refractivity contribution in [2.24, 2.45) is 5.73 Å². The Morgan fingerprint density at radius 1 is 1.18 bits per heavy atom. The highest BCUT2D eigenvalue weighted by molar-refractivity contribution is 6.31. The van der Waals surface area contributed by atoms with Crippen LogP contribution in [-0.2, 0) is 29.0 Å². The van der Waals surface area contributed by atoms with Crippen LogP contribution in [0.5, 0.6) is 0 Å². The molecule has 0 atom stereocenters. The van der Waals surface area contributed by atoms with E-state index in [4.69, 9.17) is 38.8 Å². The minimum absolute atomic E-state index is 0.0137. The number of ketones is 1. The van der Waals surface area contributed by atoms with Gasteiger partial charge in [-0.05, 0) is 64.4 Å². The van der Waals surface area contributed by atoms with Crippen LogP contribution >= 0.6 is 23.2 Å². The number of hydrogen-bond donors (Lipinski definition) is 3. The van der Waals surface area contributed by atoms with Crippen LogP contribution in [0.1, 0.15) is 28.7 Å². The molecule has 1 aliphatic carbocycles. The number of amides is 2. The number of halogens is 2. The van der Waals surface area contributed by atoms with Crippen LogP contribution in [0.4, 0.5) is 4.79 Å². The van der Waals surface area contributed by atoms with Crippen molar-refractivity contribution in [3.8, 4) is 0 Å². The van der Waals surface area contributed by atoms with E-state index in [0.717, 1.165) is 29.0 Å². The minimum Gasteiger partial charge on any atom is -0.483 e. The summed E-state index contributed by atoms with van der Waals surface area (Å²) in [6.07, 6.45) is 1.91. The largest absolute Gasteiger partial charge is 0.483 e. The number of carboxylic acid groups (broad SMARTS) is 1. The molecule has 0 fully saturated rings. The number of nitrogens with one attached hydrogen (secondary N) is 1. The molecule has 0 spiro atoms. The van der Waals surface area contributed by atoms with Gasteiger partial charge in [0.15, 0.2) is 5.78 Å². The number of hydrogen-bond acceptors (Lipinski definition) is 4. The molecule has 0 saturated heterocycles. The number of nitrogens with two attached hydrogens (primary N) is 1.